The van der Waals surface area contributed by atoms with Crippen LogP contribution in [0.4, 0.5) is 4.79 Å². The van der Waals surface area contributed by atoms with Crippen LogP contribution in [0.25, 0.3) is 0 Å². The molecule has 0 aromatic heterocycles. The molecule has 3 amide bonds. The van der Waals surface area contributed by atoms with E-state index in [9.17, 15) is 14.4 Å². The first-order chi connectivity index (χ1) is 8.31. The van der Waals surface area contributed by atoms with Crippen molar-refractivity contribution in [2.45, 2.75) is 26.7 Å². The molecule has 0 radical (unpaired) electrons. The Labute approximate surface area is 106 Å². The van der Waals surface area contributed by atoms with Crippen LogP contribution in [0.2, 0.25) is 0 Å². The molecule has 7 nitrogen and oxygen atoms in total. The highest BCUT2D eigenvalue weighted by molar-refractivity contribution is 5.82. The number of nitrogens with one attached hydrogen (secondary N) is 2. The summed E-state index contributed by atoms with van der Waals surface area (Å²) in [6, 6.07) is -0.520. The second-order valence-electron chi connectivity index (χ2n) is 4.62. The molecule has 0 saturated heterocycles. The highest BCUT2D eigenvalue weighted by Gasteiger charge is 2.16. The molecule has 0 aromatic carbocycles. The fourth-order valence-electron chi connectivity index (χ4n) is 1.62. The minimum atomic E-state index is -0.889. The summed E-state index contributed by atoms with van der Waals surface area (Å²) in [5.41, 5.74) is 4.87. The molecule has 0 aliphatic rings. The van der Waals surface area contributed by atoms with Crippen LogP contribution in [0, 0.1) is 11.8 Å². The van der Waals surface area contributed by atoms with Crippen molar-refractivity contribution in [1.82, 2.24) is 10.6 Å². The Bertz CT molecular complexity index is 305. The summed E-state index contributed by atoms with van der Waals surface area (Å²) < 4.78 is 0. The van der Waals surface area contributed by atoms with E-state index >= 15 is 0 Å². The predicted octanol–water partition coefficient (Wildman–Crippen LogP) is -0.0921. The van der Waals surface area contributed by atoms with Crippen LogP contribution in [0.5, 0.6) is 0 Å². The SMILES string of the molecule is CC(C)CC(CNC(=O)NCC(N)=O)CC(=O)O. The van der Waals surface area contributed by atoms with Crippen LogP contribution in [-0.4, -0.2) is 36.1 Å². The van der Waals surface area contributed by atoms with Crippen molar-refractivity contribution in [3.63, 3.8) is 0 Å². The molecule has 18 heavy (non-hydrogen) atoms. The van der Waals surface area contributed by atoms with Gasteiger partial charge in [0.1, 0.15) is 0 Å². The van der Waals surface area contributed by atoms with Crippen molar-refractivity contribution in [3.8, 4) is 0 Å². The number of primary amides is 1. The van der Waals surface area contributed by atoms with E-state index in [1.807, 2.05) is 13.8 Å². The second kappa shape index (κ2) is 8.32. The van der Waals surface area contributed by atoms with Crippen LogP contribution >= 0.6 is 0 Å². The Hall–Kier alpha value is -1.79. The van der Waals surface area contributed by atoms with Crippen molar-refractivity contribution < 1.29 is 19.5 Å². The van der Waals surface area contributed by atoms with E-state index in [0.29, 0.717) is 12.3 Å². The summed E-state index contributed by atoms with van der Waals surface area (Å²) in [6.45, 7) is 4.00. The Morgan fingerprint density at radius 2 is 1.83 bits per heavy atom. The van der Waals surface area contributed by atoms with Crippen molar-refractivity contribution in [3.05, 3.63) is 0 Å². The van der Waals surface area contributed by atoms with Gasteiger partial charge in [-0.3, -0.25) is 9.59 Å². The van der Waals surface area contributed by atoms with E-state index in [1.54, 1.807) is 0 Å². The summed E-state index contributed by atoms with van der Waals surface area (Å²) >= 11 is 0. The highest BCUT2D eigenvalue weighted by atomic mass is 16.4. The largest absolute Gasteiger partial charge is 0.481 e. The topological polar surface area (TPSA) is 122 Å². The molecule has 0 fully saturated rings. The minimum Gasteiger partial charge on any atom is -0.481 e. The second-order valence-corrected chi connectivity index (χ2v) is 4.62. The van der Waals surface area contributed by atoms with Crippen LogP contribution in [-0.2, 0) is 9.59 Å². The fraction of sp³-hybridized carbons (Fsp3) is 0.727. The molecule has 7 heteroatoms. The summed E-state index contributed by atoms with van der Waals surface area (Å²) in [7, 11) is 0. The van der Waals surface area contributed by atoms with Crippen LogP contribution in [0.3, 0.4) is 0 Å². The number of aliphatic carboxylic acids is 1. The molecule has 0 aromatic rings. The predicted molar refractivity (Wildman–Crippen MR) is 65.8 cm³/mol. The Morgan fingerprint density at radius 1 is 1.22 bits per heavy atom. The van der Waals surface area contributed by atoms with Gasteiger partial charge in [-0.05, 0) is 18.3 Å². The molecule has 0 bridgehead atoms. The van der Waals surface area contributed by atoms with E-state index in [0.717, 1.165) is 0 Å². The minimum absolute atomic E-state index is 0.00821. The zero-order valence-corrected chi connectivity index (χ0v) is 10.7. The van der Waals surface area contributed by atoms with Gasteiger partial charge in [-0.1, -0.05) is 13.8 Å². The number of carbonyl (C=O) groups is 3. The molecular formula is C11H21N3O4. The van der Waals surface area contributed by atoms with Gasteiger partial charge in [0.2, 0.25) is 5.91 Å². The highest BCUT2D eigenvalue weighted by Crippen LogP contribution is 2.14. The number of nitrogens with two attached hydrogens (primary N) is 1. The molecule has 0 aliphatic heterocycles. The zero-order valence-electron chi connectivity index (χ0n) is 10.7. The molecule has 1 unspecified atom stereocenters. The zero-order chi connectivity index (χ0) is 14.1. The third kappa shape index (κ3) is 9.44. The number of carboxylic acids is 1. The number of carbonyl (C=O) groups excluding carboxylic acids is 2. The Balaban J connectivity index is 4.04. The van der Waals surface area contributed by atoms with E-state index in [4.69, 9.17) is 10.8 Å². The molecular weight excluding hydrogens is 238 g/mol. The molecule has 0 aliphatic carbocycles. The molecule has 0 saturated carbocycles. The van der Waals surface area contributed by atoms with Crippen molar-refractivity contribution >= 4 is 17.9 Å². The van der Waals surface area contributed by atoms with Crippen LogP contribution in [0.15, 0.2) is 0 Å². The third-order valence-electron chi connectivity index (χ3n) is 2.24. The standard InChI is InChI=1S/C11H21N3O4/c1-7(2)3-8(4-10(16)17)5-13-11(18)14-6-9(12)15/h7-8H,3-6H2,1-2H3,(H2,12,15)(H,16,17)(H2,13,14,18). The quantitative estimate of drug-likeness (QED) is 0.486. The van der Waals surface area contributed by atoms with Gasteiger partial charge in [-0.15, -0.1) is 0 Å². The molecule has 104 valence electrons. The van der Waals surface area contributed by atoms with E-state index in [1.165, 1.54) is 0 Å². The first-order valence-corrected chi connectivity index (χ1v) is 5.83. The van der Waals surface area contributed by atoms with E-state index < -0.39 is 17.9 Å². The number of carboxylic acid groups (broad SMARTS) is 1. The van der Waals surface area contributed by atoms with Gasteiger partial charge in [0.25, 0.3) is 0 Å². The molecule has 5 N–H and O–H groups in total. The van der Waals surface area contributed by atoms with Gasteiger partial charge >= 0.3 is 12.0 Å². The normalized spacial score (nSPS) is 11.9. The Kier molecular flexibility index (Phi) is 7.50. The third-order valence-corrected chi connectivity index (χ3v) is 2.24. The van der Waals surface area contributed by atoms with Gasteiger partial charge < -0.3 is 21.5 Å². The van der Waals surface area contributed by atoms with Crippen molar-refractivity contribution in [2.24, 2.45) is 17.6 Å². The van der Waals surface area contributed by atoms with Gasteiger partial charge in [0.05, 0.1) is 6.54 Å². The lowest BCUT2D eigenvalue weighted by atomic mass is 9.94. The van der Waals surface area contributed by atoms with Crippen molar-refractivity contribution in [1.29, 1.82) is 0 Å². The lowest BCUT2D eigenvalue weighted by Crippen LogP contribution is -2.42. The number of rotatable bonds is 8. The number of hydrogen-bond acceptors (Lipinski definition) is 3. The average molecular weight is 259 g/mol. The number of urea groups is 1. The van der Waals surface area contributed by atoms with Gasteiger partial charge in [-0.25, -0.2) is 4.79 Å². The summed E-state index contributed by atoms with van der Waals surface area (Å²) in [6.07, 6.45) is 0.719. The maximum atomic E-state index is 11.2. The van der Waals surface area contributed by atoms with Gasteiger partial charge in [0, 0.05) is 13.0 Å². The Morgan fingerprint density at radius 3 is 2.28 bits per heavy atom. The van der Waals surface area contributed by atoms with E-state index in [-0.39, 0.29) is 25.4 Å². The first-order valence-electron chi connectivity index (χ1n) is 5.83. The van der Waals surface area contributed by atoms with Crippen LogP contribution in [0.1, 0.15) is 26.7 Å². The van der Waals surface area contributed by atoms with Crippen molar-refractivity contribution in [2.75, 3.05) is 13.1 Å². The first kappa shape index (κ1) is 16.2. The fourth-order valence-corrected chi connectivity index (χ4v) is 1.62. The average Bonchev–Trinajstić information content (AvgIpc) is 2.21. The number of hydrogen-bond donors (Lipinski definition) is 4. The molecule has 0 rings (SSSR count). The smallest absolute Gasteiger partial charge is 0.315 e. The maximum absolute atomic E-state index is 11.2. The number of amides is 3. The van der Waals surface area contributed by atoms with Crippen LogP contribution < -0.4 is 16.4 Å². The lowest BCUT2D eigenvalue weighted by Gasteiger charge is -2.17. The van der Waals surface area contributed by atoms with Gasteiger partial charge in [-0.2, -0.15) is 0 Å². The molecule has 0 heterocycles. The lowest BCUT2D eigenvalue weighted by molar-refractivity contribution is -0.138. The summed E-state index contributed by atoms with van der Waals surface area (Å²) in [5.74, 6) is -1.29. The molecule has 1 atom stereocenters. The maximum Gasteiger partial charge on any atom is 0.315 e. The van der Waals surface area contributed by atoms with E-state index in [2.05, 4.69) is 10.6 Å². The molecule has 0 spiro atoms. The van der Waals surface area contributed by atoms with Gasteiger partial charge in [0.15, 0.2) is 0 Å². The monoisotopic (exact) mass is 259 g/mol. The summed E-state index contributed by atoms with van der Waals surface area (Å²) in [4.78, 5) is 32.3. The summed E-state index contributed by atoms with van der Waals surface area (Å²) in [5, 5.41) is 13.5.